The molecule has 136 valence electrons. The molecule has 2 fully saturated rings. The fourth-order valence-electron chi connectivity index (χ4n) is 3.61. The zero-order valence-electron chi connectivity index (χ0n) is 14.7. The summed E-state index contributed by atoms with van der Waals surface area (Å²) in [4.78, 5) is 26.3. The minimum Gasteiger partial charge on any atom is -0.335 e. The van der Waals surface area contributed by atoms with Gasteiger partial charge in [-0.1, -0.05) is 37.5 Å². The smallest absolute Gasteiger partial charge is 0.319 e. The molecule has 0 bridgehead atoms. The van der Waals surface area contributed by atoms with Crippen LogP contribution < -0.4 is 16.0 Å². The highest BCUT2D eigenvalue weighted by Crippen LogP contribution is 2.18. The quantitative estimate of drug-likeness (QED) is 0.787. The number of hydrogen-bond donors (Lipinski definition) is 3. The fraction of sp³-hybridized carbons (Fsp3) is 0.579. The molecule has 3 rings (SSSR count). The third-order valence-electron chi connectivity index (χ3n) is 5.08. The lowest BCUT2D eigenvalue weighted by Crippen LogP contribution is -2.52. The molecule has 0 radical (unpaired) electrons. The van der Waals surface area contributed by atoms with Crippen molar-refractivity contribution in [1.29, 1.82) is 0 Å². The number of para-hydroxylation sites is 1. The Labute approximate surface area is 149 Å². The van der Waals surface area contributed by atoms with E-state index in [4.69, 9.17) is 0 Å². The summed E-state index contributed by atoms with van der Waals surface area (Å²) in [6, 6.07) is 9.73. The van der Waals surface area contributed by atoms with E-state index in [9.17, 15) is 9.59 Å². The Morgan fingerprint density at radius 1 is 0.840 bits per heavy atom. The van der Waals surface area contributed by atoms with E-state index in [0.29, 0.717) is 19.1 Å². The van der Waals surface area contributed by atoms with E-state index >= 15 is 0 Å². The Hall–Kier alpha value is -2.24. The molecule has 3 N–H and O–H groups in total. The molecule has 0 atom stereocenters. The number of amides is 4. The number of benzene rings is 1. The Balaban J connectivity index is 1.37. The Bertz CT molecular complexity index is 564. The molecule has 1 aliphatic heterocycles. The van der Waals surface area contributed by atoms with E-state index < -0.39 is 0 Å². The molecule has 2 aliphatic rings. The van der Waals surface area contributed by atoms with Gasteiger partial charge in [-0.2, -0.15) is 0 Å². The molecule has 0 unspecified atom stereocenters. The maximum atomic E-state index is 12.4. The normalized spacial score (nSPS) is 19.3. The van der Waals surface area contributed by atoms with Crippen LogP contribution in [0.1, 0.15) is 44.9 Å². The van der Waals surface area contributed by atoms with Crippen LogP contribution in [0.4, 0.5) is 15.3 Å². The van der Waals surface area contributed by atoms with Crippen molar-refractivity contribution in [3.63, 3.8) is 0 Å². The maximum Gasteiger partial charge on any atom is 0.319 e. The van der Waals surface area contributed by atoms with Gasteiger partial charge in [0.15, 0.2) is 0 Å². The first-order valence-corrected chi connectivity index (χ1v) is 9.39. The highest BCUT2D eigenvalue weighted by Gasteiger charge is 2.25. The van der Waals surface area contributed by atoms with Crippen molar-refractivity contribution < 1.29 is 9.59 Å². The van der Waals surface area contributed by atoms with Gasteiger partial charge in [-0.3, -0.25) is 0 Å². The van der Waals surface area contributed by atoms with Gasteiger partial charge in [0.2, 0.25) is 0 Å². The topological polar surface area (TPSA) is 73.5 Å². The standard InChI is InChI=1S/C19H28N4O2/c24-18(20-15-7-3-1-4-8-15)21-17-11-13-23(14-12-17)19(25)22-16-9-5-2-6-10-16/h1,3-4,7-8,16-17H,2,5-6,9-14H2,(H,22,25)(H2,20,21,24). The van der Waals surface area contributed by atoms with E-state index in [1.165, 1.54) is 19.3 Å². The molecule has 1 aromatic carbocycles. The minimum absolute atomic E-state index is 0.0547. The van der Waals surface area contributed by atoms with Crippen molar-refractivity contribution >= 4 is 17.7 Å². The van der Waals surface area contributed by atoms with Crippen LogP contribution in [0.3, 0.4) is 0 Å². The lowest BCUT2D eigenvalue weighted by atomic mass is 9.95. The fourth-order valence-corrected chi connectivity index (χ4v) is 3.61. The average molecular weight is 344 g/mol. The zero-order chi connectivity index (χ0) is 17.5. The summed E-state index contributed by atoms with van der Waals surface area (Å²) >= 11 is 0. The molecule has 1 heterocycles. The summed E-state index contributed by atoms with van der Waals surface area (Å²) in [6.45, 7) is 1.38. The van der Waals surface area contributed by atoms with Gasteiger partial charge in [0.05, 0.1) is 0 Å². The van der Waals surface area contributed by atoms with Crippen molar-refractivity contribution in [2.75, 3.05) is 18.4 Å². The molecule has 1 aliphatic carbocycles. The van der Waals surface area contributed by atoms with Crippen molar-refractivity contribution in [2.24, 2.45) is 0 Å². The summed E-state index contributed by atoms with van der Waals surface area (Å²) in [6.07, 6.45) is 7.50. The van der Waals surface area contributed by atoms with Crippen LogP contribution in [0.2, 0.25) is 0 Å². The van der Waals surface area contributed by atoms with Crippen molar-refractivity contribution in [3.05, 3.63) is 30.3 Å². The predicted octanol–water partition coefficient (Wildman–Crippen LogP) is 3.31. The molecule has 1 saturated carbocycles. The highest BCUT2D eigenvalue weighted by molar-refractivity contribution is 5.89. The number of likely N-dealkylation sites (tertiary alicyclic amines) is 1. The number of nitrogens with zero attached hydrogens (tertiary/aromatic N) is 1. The second kappa shape index (κ2) is 8.74. The van der Waals surface area contributed by atoms with E-state index in [2.05, 4.69) is 16.0 Å². The van der Waals surface area contributed by atoms with Gasteiger partial charge in [0, 0.05) is 30.9 Å². The molecule has 4 amide bonds. The molecule has 1 aromatic rings. The van der Waals surface area contributed by atoms with E-state index in [1.807, 2.05) is 35.2 Å². The number of piperidine rings is 1. The summed E-state index contributed by atoms with van der Waals surface area (Å²) in [5.74, 6) is 0. The van der Waals surface area contributed by atoms with Crippen LogP contribution in [-0.4, -0.2) is 42.1 Å². The molecular formula is C19H28N4O2. The second-order valence-corrected chi connectivity index (χ2v) is 7.01. The van der Waals surface area contributed by atoms with Crippen molar-refractivity contribution in [3.8, 4) is 0 Å². The highest BCUT2D eigenvalue weighted by atomic mass is 16.2. The largest absolute Gasteiger partial charge is 0.335 e. The monoisotopic (exact) mass is 344 g/mol. The first kappa shape index (κ1) is 17.6. The molecular weight excluding hydrogens is 316 g/mol. The van der Waals surface area contributed by atoms with Crippen LogP contribution in [0.25, 0.3) is 0 Å². The van der Waals surface area contributed by atoms with Crippen LogP contribution in [-0.2, 0) is 0 Å². The third-order valence-corrected chi connectivity index (χ3v) is 5.08. The first-order valence-electron chi connectivity index (χ1n) is 9.39. The van der Waals surface area contributed by atoms with E-state index in [1.54, 1.807) is 0 Å². The van der Waals surface area contributed by atoms with Crippen molar-refractivity contribution in [2.45, 2.75) is 57.0 Å². The molecule has 1 saturated heterocycles. The first-order chi connectivity index (χ1) is 12.2. The molecule has 0 aromatic heterocycles. The number of nitrogens with one attached hydrogen (secondary N) is 3. The molecule has 0 spiro atoms. The summed E-state index contributed by atoms with van der Waals surface area (Å²) < 4.78 is 0. The Morgan fingerprint density at radius 2 is 1.48 bits per heavy atom. The number of urea groups is 2. The zero-order valence-corrected chi connectivity index (χ0v) is 14.7. The number of anilines is 1. The molecule has 25 heavy (non-hydrogen) atoms. The number of carbonyl (C=O) groups excluding carboxylic acids is 2. The summed E-state index contributed by atoms with van der Waals surface area (Å²) in [5.41, 5.74) is 0.782. The van der Waals surface area contributed by atoms with Crippen LogP contribution >= 0.6 is 0 Å². The summed E-state index contributed by atoms with van der Waals surface area (Å²) in [5, 5.41) is 9.00. The molecule has 6 heteroatoms. The van der Waals surface area contributed by atoms with Gasteiger partial charge in [0.1, 0.15) is 0 Å². The van der Waals surface area contributed by atoms with E-state index in [-0.39, 0.29) is 18.1 Å². The average Bonchev–Trinajstić information content (AvgIpc) is 2.64. The minimum atomic E-state index is -0.184. The third kappa shape index (κ3) is 5.37. The summed E-state index contributed by atoms with van der Waals surface area (Å²) in [7, 11) is 0. The van der Waals surface area contributed by atoms with Crippen molar-refractivity contribution in [1.82, 2.24) is 15.5 Å². The van der Waals surface area contributed by atoms with Gasteiger partial charge in [0.25, 0.3) is 0 Å². The van der Waals surface area contributed by atoms with Gasteiger partial charge in [-0.25, -0.2) is 9.59 Å². The lowest BCUT2D eigenvalue weighted by molar-refractivity contribution is 0.170. The number of hydrogen-bond acceptors (Lipinski definition) is 2. The van der Waals surface area contributed by atoms with E-state index in [0.717, 1.165) is 31.4 Å². The van der Waals surface area contributed by atoms with Gasteiger partial charge in [-0.15, -0.1) is 0 Å². The van der Waals surface area contributed by atoms with Gasteiger partial charge in [-0.05, 0) is 37.8 Å². The Kier molecular flexibility index (Phi) is 6.14. The number of carbonyl (C=O) groups is 2. The van der Waals surface area contributed by atoms with Gasteiger partial charge < -0.3 is 20.9 Å². The van der Waals surface area contributed by atoms with Gasteiger partial charge >= 0.3 is 12.1 Å². The van der Waals surface area contributed by atoms with Crippen LogP contribution in [0.15, 0.2) is 30.3 Å². The number of rotatable bonds is 3. The SMILES string of the molecule is O=C(Nc1ccccc1)NC1CCN(C(=O)NC2CCCCC2)CC1. The Morgan fingerprint density at radius 3 is 2.16 bits per heavy atom. The maximum absolute atomic E-state index is 12.4. The van der Waals surface area contributed by atoms with Crippen LogP contribution in [0, 0.1) is 0 Å². The second-order valence-electron chi connectivity index (χ2n) is 7.01. The molecule has 6 nitrogen and oxygen atoms in total. The predicted molar refractivity (Wildman–Crippen MR) is 98.6 cm³/mol. The van der Waals surface area contributed by atoms with Crippen LogP contribution in [0.5, 0.6) is 0 Å². The lowest BCUT2D eigenvalue weighted by Gasteiger charge is -2.34.